The van der Waals surface area contributed by atoms with Crippen molar-refractivity contribution in [2.75, 3.05) is 11.9 Å². The van der Waals surface area contributed by atoms with Gasteiger partial charge < -0.3 is 10.6 Å². The first-order valence-corrected chi connectivity index (χ1v) is 6.76. The van der Waals surface area contributed by atoms with Crippen molar-refractivity contribution >= 4 is 17.5 Å². The van der Waals surface area contributed by atoms with Crippen LogP contribution in [0.1, 0.15) is 21.5 Å². The molecule has 0 saturated carbocycles. The van der Waals surface area contributed by atoms with E-state index in [0.717, 1.165) is 16.8 Å². The Morgan fingerprint density at radius 2 is 1.62 bits per heavy atom. The predicted octanol–water partition coefficient (Wildman–Crippen LogP) is 2.67. The lowest BCUT2D eigenvalue weighted by Gasteiger charge is -2.09. The van der Waals surface area contributed by atoms with E-state index in [1.165, 1.54) is 0 Å². The molecule has 0 bridgehead atoms. The fourth-order valence-corrected chi connectivity index (χ4v) is 1.88. The van der Waals surface area contributed by atoms with Crippen LogP contribution in [0.25, 0.3) is 0 Å². The summed E-state index contributed by atoms with van der Waals surface area (Å²) >= 11 is 0. The van der Waals surface area contributed by atoms with Gasteiger partial charge in [-0.15, -0.1) is 0 Å². The third kappa shape index (κ3) is 4.18. The molecule has 2 amide bonds. The molecule has 21 heavy (non-hydrogen) atoms. The van der Waals surface area contributed by atoms with Crippen LogP contribution in [0, 0.1) is 13.8 Å². The molecule has 0 aliphatic rings. The van der Waals surface area contributed by atoms with Crippen LogP contribution in [0.15, 0.2) is 48.5 Å². The third-order valence-corrected chi connectivity index (χ3v) is 3.14. The summed E-state index contributed by atoms with van der Waals surface area (Å²) in [5, 5.41) is 5.38. The Kier molecular flexibility index (Phi) is 4.72. The maximum atomic E-state index is 11.9. The van der Waals surface area contributed by atoms with E-state index in [1.807, 2.05) is 50.2 Å². The van der Waals surface area contributed by atoms with E-state index in [1.54, 1.807) is 12.1 Å². The fourth-order valence-electron chi connectivity index (χ4n) is 1.88. The first-order chi connectivity index (χ1) is 10.1. The van der Waals surface area contributed by atoms with Gasteiger partial charge >= 0.3 is 0 Å². The van der Waals surface area contributed by atoms with E-state index in [2.05, 4.69) is 10.6 Å². The van der Waals surface area contributed by atoms with Crippen molar-refractivity contribution in [3.8, 4) is 0 Å². The number of amides is 2. The molecule has 2 aromatic rings. The lowest BCUT2D eigenvalue weighted by molar-refractivity contribution is -0.115. The second kappa shape index (κ2) is 6.70. The summed E-state index contributed by atoms with van der Waals surface area (Å²) in [7, 11) is 0. The van der Waals surface area contributed by atoms with E-state index in [-0.39, 0.29) is 18.4 Å². The molecule has 0 atom stereocenters. The molecule has 0 unspecified atom stereocenters. The van der Waals surface area contributed by atoms with E-state index < -0.39 is 0 Å². The summed E-state index contributed by atoms with van der Waals surface area (Å²) < 4.78 is 0. The Labute approximate surface area is 124 Å². The average molecular weight is 282 g/mol. The Morgan fingerprint density at radius 3 is 2.29 bits per heavy atom. The minimum atomic E-state index is -0.255. The third-order valence-electron chi connectivity index (χ3n) is 3.14. The first kappa shape index (κ1) is 14.8. The van der Waals surface area contributed by atoms with Gasteiger partial charge in [-0.1, -0.05) is 35.9 Å². The standard InChI is InChI=1S/C17H18N2O2/c1-12-7-9-14(10-8-12)17(21)18-11-16(20)19-15-6-4-3-5-13(15)2/h3-10H,11H2,1-2H3,(H,18,21)(H,19,20). The van der Waals surface area contributed by atoms with Crippen LogP contribution in [0.4, 0.5) is 5.69 Å². The molecule has 108 valence electrons. The highest BCUT2D eigenvalue weighted by Gasteiger charge is 2.08. The van der Waals surface area contributed by atoms with Gasteiger partial charge in [-0.2, -0.15) is 0 Å². The molecule has 2 rings (SSSR count). The number of benzene rings is 2. The van der Waals surface area contributed by atoms with Crippen molar-refractivity contribution < 1.29 is 9.59 Å². The maximum Gasteiger partial charge on any atom is 0.251 e. The Hall–Kier alpha value is -2.62. The topological polar surface area (TPSA) is 58.2 Å². The van der Waals surface area contributed by atoms with Crippen molar-refractivity contribution in [3.05, 3.63) is 65.2 Å². The minimum Gasteiger partial charge on any atom is -0.343 e. The van der Waals surface area contributed by atoms with E-state index in [9.17, 15) is 9.59 Å². The van der Waals surface area contributed by atoms with Gasteiger partial charge in [0.2, 0.25) is 5.91 Å². The Balaban J connectivity index is 1.88. The second-order valence-electron chi connectivity index (χ2n) is 4.91. The van der Waals surface area contributed by atoms with Crippen molar-refractivity contribution in [1.82, 2.24) is 5.32 Å². The van der Waals surface area contributed by atoms with Crippen LogP contribution in [-0.4, -0.2) is 18.4 Å². The lowest BCUT2D eigenvalue weighted by Crippen LogP contribution is -2.32. The molecule has 0 fully saturated rings. The van der Waals surface area contributed by atoms with Crippen molar-refractivity contribution in [3.63, 3.8) is 0 Å². The number of aryl methyl sites for hydroxylation is 2. The number of rotatable bonds is 4. The highest BCUT2D eigenvalue weighted by atomic mass is 16.2. The smallest absolute Gasteiger partial charge is 0.251 e. The maximum absolute atomic E-state index is 11.9. The quantitative estimate of drug-likeness (QED) is 0.905. The summed E-state index contributed by atoms with van der Waals surface area (Å²) in [5.41, 5.74) is 3.37. The van der Waals surface area contributed by atoms with Crippen LogP contribution in [0.3, 0.4) is 0 Å². The van der Waals surface area contributed by atoms with Gasteiger partial charge in [-0.25, -0.2) is 0 Å². The zero-order valence-corrected chi connectivity index (χ0v) is 12.1. The van der Waals surface area contributed by atoms with Gasteiger partial charge in [0.15, 0.2) is 0 Å². The van der Waals surface area contributed by atoms with E-state index >= 15 is 0 Å². The van der Waals surface area contributed by atoms with Gasteiger partial charge in [0.05, 0.1) is 6.54 Å². The van der Waals surface area contributed by atoms with Gasteiger partial charge in [0.1, 0.15) is 0 Å². The Bertz CT molecular complexity index is 648. The zero-order chi connectivity index (χ0) is 15.2. The monoisotopic (exact) mass is 282 g/mol. The number of carbonyl (C=O) groups is 2. The molecule has 0 radical (unpaired) electrons. The van der Waals surface area contributed by atoms with Gasteiger partial charge in [-0.05, 0) is 37.6 Å². The van der Waals surface area contributed by atoms with E-state index in [0.29, 0.717) is 5.56 Å². The van der Waals surface area contributed by atoms with Crippen LogP contribution < -0.4 is 10.6 Å². The normalized spacial score (nSPS) is 10.0. The highest BCUT2D eigenvalue weighted by molar-refractivity contribution is 5.99. The highest BCUT2D eigenvalue weighted by Crippen LogP contribution is 2.12. The van der Waals surface area contributed by atoms with Crippen molar-refractivity contribution in [1.29, 1.82) is 0 Å². The number of hydrogen-bond acceptors (Lipinski definition) is 2. The average Bonchev–Trinajstić information content (AvgIpc) is 2.48. The SMILES string of the molecule is Cc1ccc(C(=O)NCC(=O)Nc2ccccc2C)cc1. The van der Waals surface area contributed by atoms with Gasteiger partial charge in [0.25, 0.3) is 5.91 Å². The summed E-state index contributed by atoms with van der Waals surface area (Å²) in [5.74, 6) is -0.500. The number of hydrogen-bond donors (Lipinski definition) is 2. The lowest BCUT2D eigenvalue weighted by atomic mass is 10.1. The minimum absolute atomic E-state index is 0.0545. The fraction of sp³-hybridized carbons (Fsp3) is 0.176. The molecule has 0 heterocycles. The Morgan fingerprint density at radius 1 is 0.952 bits per heavy atom. The van der Waals surface area contributed by atoms with Crippen LogP contribution in [0.2, 0.25) is 0 Å². The molecule has 0 aliphatic carbocycles. The number of carbonyl (C=O) groups excluding carboxylic acids is 2. The first-order valence-electron chi connectivity index (χ1n) is 6.76. The van der Waals surface area contributed by atoms with E-state index in [4.69, 9.17) is 0 Å². The summed E-state index contributed by atoms with van der Waals surface area (Å²) in [6.45, 7) is 3.82. The summed E-state index contributed by atoms with van der Waals surface area (Å²) in [6, 6.07) is 14.7. The molecule has 4 nitrogen and oxygen atoms in total. The van der Waals surface area contributed by atoms with Crippen LogP contribution >= 0.6 is 0 Å². The largest absolute Gasteiger partial charge is 0.343 e. The van der Waals surface area contributed by atoms with Gasteiger partial charge in [0, 0.05) is 11.3 Å². The molecule has 2 N–H and O–H groups in total. The molecule has 2 aromatic carbocycles. The number of nitrogens with one attached hydrogen (secondary N) is 2. The molecule has 0 spiro atoms. The zero-order valence-electron chi connectivity index (χ0n) is 12.1. The second-order valence-corrected chi connectivity index (χ2v) is 4.91. The predicted molar refractivity (Wildman–Crippen MR) is 83.3 cm³/mol. The summed E-state index contributed by atoms with van der Waals surface area (Å²) in [4.78, 5) is 23.7. The van der Waals surface area contributed by atoms with Crippen LogP contribution in [-0.2, 0) is 4.79 Å². The molecular formula is C17H18N2O2. The molecule has 0 saturated heterocycles. The molecule has 4 heteroatoms. The molecule has 0 aromatic heterocycles. The van der Waals surface area contributed by atoms with Gasteiger partial charge in [-0.3, -0.25) is 9.59 Å². The van der Waals surface area contributed by atoms with Crippen molar-refractivity contribution in [2.45, 2.75) is 13.8 Å². The molecular weight excluding hydrogens is 264 g/mol. The van der Waals surface area contributed by atoms with Crippen LogP contribution in [0.5, 0.6) is 0 Å². The number of anilines is 1. The van der Waals surface area contributed by atoms with Crippen molar-refractivity contribution in [2.24, 2.45) is 0 Å². The molecule has 0 aliphatic heterocycles. The summed E-state index contributed by atoms with van der Waals surface area (Å²) in [6.07, 6.45) is 0. The number of para-hydroxylation sites is 1.